The zero-order valence-electron chi connectivity index (χ0n) is 8.16. The van der Waals surface area contributed by atoms with E-state index < -0.39 is 6.04 Å². The van der Waals surface area contributed by atoms with Crippen LogP contribution in [0.25, 0.3) is 0 Å². The molecule has 0 unspecified atom stereocenters. The number of nitrogens with one attached hydrogen (secondary N) is 2. The molecule has 0 bridgehead atoms. The molecule has 0 aliphatic carbocycles. The van der Waals surface area contributed by atoms with Crippen molar-refractivity contribution in [1.82, 2.24) is 20.5 Å². The zero-order valence-corrected chi connectivity index (χ0v) is 8.16. The van der Waals surface area contributed by atoms with E-state index in [1.54, 1.807) is 6.92 Å². The highest BCUT2D eigenvalue weighted by atomic mass is 16.2. The number of amides is 1. The second kappa shape index (κ2) is 5.33. The van der Waals surface area contributed by atoms with Crippen LogP contribution in [0.3, 0.4) is 0 Å². The molecule has 0 spiro atoms. The van der Waals surface area contributed by atoms with Crippen molar-refractivity contribution >= 4 is 5.91 Å². The summed E-state index contributed by atoms with van der Waals surface area (Å²) in [5.74, 6) is 0.711. The SMILES string of the molecule is C[C@@H](N)C(=O)NCCCc1ncn[nH]1. The summed E-state index contributed by atoms with van der Waals surface area (Å²) in [4.78, 5) is 15.0. The van der Waals surface area contributed by atoms with Crippen molar-refractivity contribution in [3.8, 4) is 0 Å². The Hall–Kier alpha value is -1.43. The number of rotatable bonds is 5. The van der Waals surface area contributed by atoms with Crippen LogP contribution in [0.2, 0.25) is 0 Å². The molecule has 0 fully saturated rings. The molecule has 6 heteroatoms. The van der Waals surface area contributed by atoms with Crippen LogP contribution in [0, 0.1) is 0 Å². The predicted octanol–water partition coefficient (Wildman–Crippen LogP) is -0.799. The van der Waals surface area contributed by atoms with E-state index in [1.165, 1.54) is 6.33 Å². The second-order valence-corrected chi connectivity index (χ2v) is 3.12. The summed E-state index contributed by atoms with van der Waals surface area (Å²) in [6.07, 6.45) is 3.07. The molecule has 1 heterocycles. The van der Waals surface area contributed by atoms with Gasteiger partial charge in [0.25, 0.3) is 0 Å². The first-order valence-electron chi connectivity index (χ1n) is 4.57. The first-order valence-corrected chi connectivity index (χ1v) is 4.57. The number of H-pyrrole nitrogens is 1. The number of hydrogen-bond donors (Lipinski definition) is 3. The predicted molar refractivity (Wildman–Crippen MR) is 51.4 cm³/mol. The van der Waals surface area contributed by atoms with Crippen molar-refractivity contribution in [3.63, 3.8) is 0 Å². The molecule has 0 saturated heterocycles. The van der Waals surface area contributed by atoms with Crippen LogP contribution in [0.5, 0.6) is 0 Å². The van der Waals surface area contributed by atoms with Gasteiger partial charge >= 0.3 is 0 Å². The molecule has 1 aromatic rings. The van der Waals surface area contributed by atoms with Gasteiger partial charge in [0.1, 0.15) is 12.2 Å². The number of aromatic nitrogens is 3. The number of carbonyl (C=O) groups is 1. The smallest absolute Gasteiger partial charge is 0.236 e. The average molecular weight is 197 g/mol. The Morgan fingerprint density at radius 2 is 2.57 bits per heavy atom. The summed E-state index contributed by atoms with van der Waals surface area (Å²) in [6, 6.07) is -0.444. The fourth-order valence-corrected chi connectivity index (χ4v) is 0.980. The first-order chi connectivity index (χ1) is 6.70. The molecule has 1 rings (SSSR count). The molecule has 78 valence electrons. The van der Waals surface area contributed by atoms with Crippen molar-refractivity contribution in [2.24, 2.45) is 5.73 Å². The zero-order chi connectivity index (χ0) is 10.4. The molecule has 1 amide bonds. The maximum absolute atomic E-state index is 11.0. The highest BCUT2D eigenvalue weighted by Gasteiger charge is 2.05. The van der Waals surface area contributed by atoms with Crippen molar-refractivity contribution < 1.29 is 4.79 Å². The molecule has 1 atom stereocenters. The average Bonchev–Trinajstić information content (AvgIpc) is 2.64. The van der Waals surface area contributed by atoms with E-state index in [9.17, 15) is 4.79 Å². The van der Waals surface area contributed by atoms with Crippen LogP contribution in [-0.4, -0.2) is 33.7 Å². The Kier molecular flexibility index (Phi) is 4.06. The van der Waals surface area contributed by atoms with Crippen LogP contribution < -0.4 is 11.1 Å². The van der Waals surface area contributed by atoms with Gasteiger partial charge in [0.15, 0.2) is 0 Å². The molecule has 1 aromatic heterocycles. The molecule has 0 aliphatic rings. The standard InChI is InChI=1S/C8H15N5O/c1-6(9)8(14)10-4-2-3-7-11-5-12-13-7/h5-6H,2-4,9H2,1H3,(H,10,14)(H,11,12,13)/t6-/m1/s1. The quantitative estimate of drug-likeness (QED) is 0.538. The summed E-state index contributed by atoms with van der Waals surface area (Å²) < 4.78 is 0. The molecule has 0 saturated carbocycles. The Bertz CT molecular complexity index is 269. The number of aryl methyl sites for hydroxylation is 1. The van der Waals surface area contributed by atoms with Gasteiger partial charge in [-0.05, 0) is 13.3 Å². The molecule has 0 radical (unpaired) electrons. The van der Waals surface area contributed by atoms with E-state index in [2.05, 4.69) is 20.5 Å². The lowest BCUT2D eigenvalue weighted by Gasteiger charge is -2.06. The van der Waals surface area contributed by atoms with Crippen LogP contribution in [0.4, 0.5) is 0 Å². The third kappa shape index (κ3) is 3.53. The molecular weight excluding hydrogens is 182 g/mol. The summed E-state index contributed by atoms with van der Waals surface area (Å²) in [6.45, 7) is 2.27. The lowest BCUT2D eigenvalue weighted by atomic mass is 10.3. The summed E-state index contributed by atoms with van der Waals surface area (Å²) in [5.41, 5.74) is 5.37. The van der Waals surface area contributed by atoms with Crippen molar-refractivity contribution in [1.29, 1.82) is 0 Å². The van der Waals surface area contributed by atoms with Gasteiger partial charge in [0.05, 0.1) is 6.04 Å². The Balaban J connectivity index is 2.08. The number of nitrogens with zero attached hydrogens (tertiary/aromatic N) is 2. The first kappa shape index (κ1) is 10.6. The Morgan fingerprint density at radius 3 is 3.14 bits per heavy atom. The molecule has 6 nitrogen and oxygen atoms in total. The largest absolute Gasteiger partial charge is 0.355 e. The van der Waals surface area contributed by atoms with E-state index in [4.69, 9.17) is 5.73 Å². The minimum atomic E-state index is -0.444. The van der Waals surface area contributed by atoms with Gasteiger partial charge in [0.2, 0.25) is 5.91 Å². The van der Waals surface area contributed by atoms with Crippen molar-refractivity contribution in [2.75, 3.05) is 6.54 Å². The third-order valence-corrected chi connectivity index (χ3v) is 1.77. The highest BCUT2D eigenvalue weighted by molar-refractivity contribution is 5.80. The summed E-state index contributed by atoms with van der Waals surface area (Å²) in [5, 5.41) is 9.19. The Labute approximate surface area is 82.3 Å². The van der Waals surface area contributed by atoms with Crippen molar-refractivity contribution in [2.45, 2.75) is 25.8 Å². The van der Waals surface area contributed by atoms with Gasteiger partial charge in [-0.2, -0.15) is 5.10 Å². The summed E-state index contributed by atoms with van der Waals surface area (Å²) >= 11 is 0. The Morgan fingerprint density at radius 1 is 1.79 bits per heavy atom. The monoisotopic (exact) mass is 197 g/mol. The molecule has 0 aliphatic heterocycles. The van der Waals surface area contributed by atoms with Gasteiger partial charge in [-0.25, -0.2) is 4.98 Å². The van der Waals surface area contributed by atoms with E-state index in [-0.39, 0.29) is 5.91 Å². The third-order valence-electron chi connectivity index (χ3n) is 1.77. The number of aromatic amines is 1. The molecule has 0 aromatic carbocycles. The summed E-state index contributed by atoms with van der Waals surface area (Å²) in [7, 11) is 0. The van der Waals surface area contributed by atoms with E-state index in [0.29, 0.717) is 6.54 Å². The number of nitrogens with two attached hydrogens (primary N) is 1. The highest BCUT2D eigenvalue weighted by Crippen LogP contribution is 1.91. The second-order valence-electron chi connectivity index (χ2n) is 3.12. The van der Waals surface area contributed by atoms with Gasteiger partial charge < -0.3 is 11.1 Å². The fraction of sp³-hybridized carbons (Fsp3) is 0.625. The van der Waals surface area contributed by atoms with E-state index >= 15 is 0 Å². The minimum absolute atomic E-state index is 0.123. The van der Waals surface area contributed by atoms with Gasteiger partial charge in [-0.1, -0.05) is 0 Å². The maximum atomic E-state index is 11.0. The van der Waals surface area contributed by atoms with Gasteiger partial charge in [0, 0.05) is 13.0 Å². The van der Waals surface area contributed by atoms with Crippen LogP contribution >= 0.6 is 0 Å². The molecule has 14 heavy (non-hydrogen) atoms. The minimum Gasteiger partial charge on any atom is -0.355 e. The van der Waals surface area contributed by atoms with E-state index in [1.807, 2.05) is 0 Å². The van der Waals surface area contributed by atoms with Crippen LogP contribution in [0.1, 0.15) is 19.2 Å². The maximum Gasteiger partial charge on any atom is 0.236 e. The lowest BCUT2D eigenvalue weighted by molar-refractivity contribution is -0.121. The van der Waals surface area contributed by atoms with E-state index in [0.717, 1.165) is 18.7 Å². The fourth-order valence-electron chi connectivity index (χ4n) is 0.980. The van der Waals surface area contributed by atoms with Crippen LogP contribution in [0.15, 0.2) is 6.33 Å². The molecular formula is C8H15N5O. The molecule has 4 N–H and O–H groups in total. The normalized spacial score (nSPS) is 12.4. The number of hydrogen-bond acceptors (Lipinski definition) is 4. The number of carbonyl (C=O) groups excluding carboxylic acids is 1. The topological polar surface area (TPSA) is 96.7 Å². The van der Waals surface area contributed by atoms with Crippen molar-refractivity contribution in [3.05, 3.63) is 12.2 Å². The van der Waals surface area contributed by atoms with Gasteiger partial charge in [-0.3, -0.25) is 9.89 Å². The van der Waals surface area contributed by atoms with Gasteiger partial charge in [-0.15, -0.1) is 0 Å². The lowest BCUT2D eigenvalue weighted by Crippen LogP contribution is -2.38. The van der Waals surface area contributed by atoms with Crippen LogP contribution in [-0.2, 0) is 11.2 Å².